The number of amides is 1. The van der Waals surface area contributed by atoms with E-state index in [1.165, 1.54) is 16.9 Å². The second-order valence-corrected chi connectivity index (χ2v) is 8.64. The number of aryl methyl sites for hydroxylation is 3. The Balaban J connectivity index is 1.50. The number of benzene rings is 1. The molecule has 0 unspecified atom stereocenters. The van der Waals surface area contributed by atoms with Gasteiger partial charge in [0, 0.05) is 28.4 Å². The summed E-state index contributed by atoms with van der Waals surface area (Å²) in [5.41, 5.74) is 3.63. The normalized spacial score (nSPS) is 10.7. The van der Waals surface area contributed by atoms with Gasteiger partial charge >= 0.3 is 5.97 Å². The van der Waals surface area contributed by atoms with Gasteiger partial charge in [0.1, 0.15) is 6.54 Å². The number of hydrogen-bond acceptors (Lipinski definition) is 5. The molecule has 7 heteroatoms. The third-order valence-corrected chi connectivity index (χ3v) is 6.06. The first-order valence-corrected chi connectivity index (χ1v) is 10.9. The monoisotopic (exact) mass is 438 g/mol. The molecule has 31 heavy (non-hydrogen) atoms. The number of thiophene rings is 1. The molecule has 0 aliphatic heterocycles. The number of ether oxygens (including phenoxy) is 1. The summed E-state index contributed by atoms with van der Waals surface area (Å²) in [7, 11) is 0. The van der Waals surface area contributed by atoms with Crippen LogP contribution in [0.3, 0.4) is 0 Å². The van der Waals surface area contributed by atoms with Crippen molar-refractivity contribution in [3.63, 3.8) is 0 Å². The highest BCUT2D eigenvalue weighted by molar-refractivity contribution is 7.13. The third-order valence-electron chi connectivity index (χ3n) is 5.06. The van der Waals surface area contributed by atoms with Crippen LogP contribution in [0.5, 0.6) is 0 Å². The summed E-state index contributed by atoms with van der Waals surface area (Å²) < 4.78 is 7.18. The molecule has 0 radical (unpaired) electrons. The average Bonchev–Trinajstić information content (AvgIpc) is 3.32. The van der Waals surface area contributed by atoms with E-state index in [4.69, 9.17) is 4.74 Å². The van der Waals surface area contributed by atoms with Crippen LogP contribution in [0, 0.1) is 20.8 Å². The van der Waals surface area contributed by atoms with Gasteiger partial charge in [-0.25, -0.2) is 0 Å². The SMILES string of the molecule is Cc1ccc(C(=O)NCC(=O)OCC(=O)c2cc(C)n(CCc3ccccc3)c2C)s1. The molecule has 162 valence electrons. The van der Waals surface area contributed by atoms with Gasteiger partial charge in [-0.1, -0.05) is 30.3 Å². The molecule has 6 nitrogen and oxygen atoms in total. The lowest BCUT2D eigenvalue weighted by molar-refractivity contribution is -0.141. The highest BCUT2D eigenvalue weighted by Gasteiger charge is 2.18. The number of rotatable bonds is 9. The number of aromatic nitrogens is 1. The van der Waals surface area contributed by atoms with Crippen LogP contribution in [-0.2, 0) is 22.5 Å². The Hall–Kier alpha value is -3.19. The van der Waals surface area contributed by atoms with Crippen LogP contribution in [0.2, 0.25) is 0 Å². The molecule has 0 aliphatic carbocycles. The molecule has 1 aromatic carbocycles. The van der Waals surface area contributed by atoms with Gasteiger partial charge in [-0.2, -0.15) is 0 Å². The highest BCUT2D eigenvalue weighted by atomic mass is 32.1. The van der Waals surface area contributed by atoms with Crippen molar-refractivity contribution in [2.45, 2.75) is 33.7 Å². The fourth-order valence-electron chi connectivity index (χ4n) is 3.38. The van der Waals surface area contributed by atoms with Gasteiger partial charge in [-0.15, -0.1) is 11.3 Å². The molecule has 1 N–H and O–H groups in total. The molecule has 0 spiro atoms. The van der Waals surface area contributed by atoms with Crippen molar-refractivity contribution in [2.75, 3.05) is 13.2 Å². The van der Waals surface area contributed by atoms with Gasteiger partial charge in [0.2, 0.25) is 5.78 Å². The number of carbonyl (C=O) groups is 3. The summed E-state index contributed by atoms with van der Waals surface area (Å²) >= 11 is 1.35. The molecule has 0 saturated carbocycles. The lowest BCUT2D eigenvalue weighted by Gasteiger charge is -2.10. The fraction of sp³-hybridized carbons (Fsp3) is 0.292. The van der Waals surface area contributed by atoms with Crippen LogP contribution in [0.15, 0.2) is 48.5 Å². The minimum absolute atomic E-state index is 0.257. The molecule has 1 amide bonds. The zero-order chi connectivity index (χ0) is 22.4. The predicted molar refractivity (Wildman–Crippen MR) is 121 cm³/mol. The average molecular weight is 439 g/mol. The summed E-state index contributed by atoms with van der Waals surface area (Å²) in [5, 5.41) is 2.51. The van der Waals surface area contributed by atoms with Gasteiger partial charge in [-0.3, -0.25) is 14.4 Å². The van der Waals surface area contributed by atoms with E-state index in [0.717, 1.165) is 29.2 Å². The van der Waals surface area contributed by atoms with Crippen molar-refractivity contribution in [3.8, 4) is 0 Å². The van der Waals surface area contributed by atoms with Crippen LogP contribution >= 0.6 is 11.3 Å². The smallest absolute Gasteiger partial charge is 0.325 e. The van der Waals surface area contributed by atoms with Gasteiger partial charge in [0.15, 0.2) is 6.61 Å². The number of nitrogens with zero attached hydrogens (tertiary/aromatic N) is 1. The Morgan fingerprint density at radius 2 is 1.77 bits per heavy atom. The molecular weight excluding hydrogens is 412 g/mol. The number of nitrogens with one attached hydrogen (secondary N) is 1. The van der Waals surface area contributed by atoms with Crippen molar-refractivity contribution < 1.29 is 19.1 Å². The molecule has 3 aromatic rings. The van der Waals surface area contributed by atoms with E-state index in [-0.39, 0.29) is 24.8 Å². The van der Waals surface area contributed by atoms with Crippen molar-refractivity contribution in [3.05, 3.63) is 80.8 Å². The summed E-state index contributed by atoms with van der Waals surface area (Å²) in [6.07, 6.45) is 0.864. The Bertz CT molecular complexity index is 1080. The van der Waals surface area contributed by atoms with Crippen molar-refractivity contribution in [2.24, 2.45) is 0 Å². The fourth-order valence-corrected chi connectivity index (χ4v) is 4.17. The zero-order valence-electron chi connectivity index (χ0n) is 17.9. The molecule has 0 bridgehead atoms. The molecule has 2 aromatic heterocycles. The summed E-state index contributed by atoms with van der Waals surface area (Å²) in [6.45, 7) is 5.90. The van der Waals surface area contributed by atoms with Crippen LogP contribution < -0.4 is 5.32 Å². The second-order valence-electron chi connectivity index (χ2n) is 7.35. The minimum atomic E-state index is -0.645. The van der Waals surface area contributed by atoms with Crippen LogP contribution in [0.1, 0.15) is 41.9 Å². The Kier molecular flexibility index (Phi) is 7.41. The topological polar surface area (TPSA) is 77.4 Å². The van der Waals surface area contributed by atoms with Crippen molar-refractivity contribution in [1.82, 2.24) is 9.88 Å². The first-order valence-electron chi connectivity index (χ1n) is 10.1. The maximum atomic E-state index is 12.6. The highest BCUT2D eigenvalue weighted by Crippen LogP contribution is 2.17. The lowest BCUT2D eigenvalue weighted by Crippen LogP contribution is -2.31. The Labute approximate surface area is 185 Å². The molecule has 2 heterocycles. The van der Waals surface area contributed by atoms with E-state index in [2.05, 4.69) is 22.0 Å². The van der Waals surface area contributed by atoms with Crippen LogP contribution in [0.4, 0.5) is 0 Å². The van der Waals surface area contributed by atoms with Gasteiger partial charge < -0.3 is 14.6 Å². The third kappa shape index (κ3) is 5.92. The molecule has 0 aliphatic rings. The number of esters is 1. The first kappa shape index (κ1) is 22.5. The predicted octanol–water partition coefficient (Wildman–Crippen LogP) is 3.87. The van der Waals surface area contributed by atoms with Crippen LogP contribution in [-0.4, -0.2) is 35.4 Å². The van der Waals surface area contributed by atoms with E-state index in [1.807, 2.05) is 51.1 Å². The molecule has 0 fully saturated rings. The number of Topliss-reactive ketones (excluding diaryl/α,β-unsaturated/α-hetero) is 1. The van der Waals surface area contributed by atoms with E-state index in [1.54, 1.807) is 6.07 Å². The van der Waals surface area contributed by atoms with E-state index < -0.39 is 5.97 Å². The minimum Gasteiger partial charge on any atom is -0.456 e. The molecule has 0 atom stereocenters. The Morgan fingerprint density at radius 1 is 1.03 bits per heavy atom. The maximum Gasteiger partial charge on any atom is 0.325 e. The lowest BCUT2D eigenvalue weighted by atomic mass is 10.1. The van der Waals surface area contributed by atoms with Crippen LogP contribution in [0.25, 0.3) is 0 Å². The van der Waals surface area contributed by atoms with E-state index in [9.17, 15) is 14.4 Å². The quantitative estimate of drug-likeness (QED) is 0.406. The van der Waals surface area contributed by atoms with E-state index >= 15 is 0 Å². The Morgan fingerprint density at radius 3 is 2.45 bits per heavy atom. The number of carbonyl (C=O) groups excluding carboxylic acids is 3. The van der Waals surface area contributed by atoms with Gasteiger partial charge in [0.05, 0.1) is 4.88 Å². The second kappa shape index (κ2) is 10.2. The maximum absolute atomic E-state index is 12.6. The molecule has 3 rings (SSSR count). The molecule has 0 saturated heterocycles. The number of ketones is 1. The van der Waals surface area contributed by atoms with Crippen molar-refractivity contribution in [1.29, 1.82) is 0 Å². The summed E-state index contributed by atoms with van der Waals surface area (Å²) in [5.74, 6) is -1.23. The standard InChI is InChI=1S/C24H26N2O4S/c1-16-13-20(18(3)26(16)12-11-19-7-5-4-6-8-19)21(27)15-30-23(28)14-25-24(29)22-10-9-17(2)31-22/h4-10,13H,11-12,14-15H2,1-3H3,(H,25,29). The largest absolute Gasteiger partial charge is 0.456 e. The zero-order valence-corrected chi connectivity index (χ0v) is 18.8. The summed E-state index contributed by atoms with van der Waals surface area (Å²) in [4.78, 5) is 38.1. The van der Waals surface area contributed by atoms with Crippen molar-refractivity contribution >= 4 is 29.0 Å². The summed E-state index contributed by atoms with van der Waals surface area (Å²) in [6, 6.07) is 15.6. The van der Waals surface area contributed by atoms with E-state index in [0.29, 0.717) is 10.4 Å². The molecular formula is C24H26N2O4S. The first-order chi connectivity index (χ1) is 14.8. The number of hydrogen-bond donors (Lipinski definition) is 1. The van der Waals surface area contributed by atoms with Gasteiger partial charge in [0.25, 0.3) is 5.91 Å². The van der Waals surface area contributed by atoms with Gasteiger partial charge in [-0.05, 0) is 51.0 Å².